The highest BCUT2D eigenvalue weighted by atomic mass is 16.3. The van der Waals surface area contributed by atoms with E-state index in [4.69, 9.17) is 4.42 Å². The average molecular weight is 413 g/mol. The molecule has 0 bridgehead atoms. The topological polar surface area (TPSA) is 55.1 Å². The molecule has 1 amide bonds. The lowest BCUT2D eigenvalue weighted by Gasteiger charge is -2.08. The Morgan fingerprint density at radius 1 is 0.935 bits per heavy atom. The van der Waals surface area contributed by atoms with Gasteiger partial charge in [0.05, 0.1) is 0 Å². The maximum atomic E-state index is 12.5. The highest BCUT2D eigenvalue weighted by molar-refractivity contribution is 6.04. The van der Waals surface area contributed by atoms with E-state index in [9.17, 15) is 4.79 Å². The molecule has 4 heteroatoms. The van der Waals surface area contributed by atoms with Crippen LogP contribution in [-0.2, 0) is 0 Å². The Morgan fingerprint density at radius 2 is 1.61 bits per heavy atom. The number of amides is 1. The zero-order valence-electron chi connectivity index (χ0n) is 18.5. The van der Waals surface area contributed by atoms with Crippen LogP contribution in [0.5, 0.6) is 0 Å². The number of nitrogens with one attached hydrogen (secondary N) is 1. The lowest BCUT2D eigenvalue weighted by molar-refractivity contribution is 0.102. The van der Waals surface area contributed by atoms with E-state index < -0.39 is 0 Å². The SMILES string of the molecule is CC[C@@H](C)c1ccc2oc(-c3ccc(NC(=O)c4ccc(C(C)C)cc4)cc3)nc2c1. The summed E-state index contributed by atoms with van der Waals surface area (Å²) in [6.07, 6.45) is 1.09. The Labute approximate surface area is 183 Å². The zero-order valence-corrected chi connectivity index (χ0v) is 18.5. The van der Waals surface area contributed by atoms with Crippen LogP contribution in [0.25, 0.3) is 22.6 Å². The van der Waals surface area contributed by atoms with Crippen molar-refractivity contribution in [2.45, 2.75) is 46.0 Å². The normalized spacial score (nSPS) is 12.3. The van der Waals surface area contributed by atoms with Crippen molar-refractivity contribution in [3.63, 3.8) is 0 Å². The van der Waals surface area contributed by atoms with Crippen LogP contribution in [0.4, 0.5) is 5.69 Å². The fraction of sp³-hybridized carbons (Fsp3) is 0.259. The zero-order chi connectivity index (χ0) is 22.0. The van der Waals surface area contributed by atoms with Gasteiger partial charge in [-0.05, 0) is 77.9 Å². The lowest BCUT2D eigenvalue weighted by Crippen LogP contribution is -2.11. The van der Waals surface area contributed by atoms with Crippen molar-refractivity contribution < 1.29 is 9.21 Å². The number of carbonyl (C=O) groups excluding carboxylic acids is 1. The molecule has 0 saturated heterocycles. The predicted octanol–water partition coefficient (Wildman–Crippen LogP) is 7.38. The molecular weight excluding hydrogens is 384 g/mol. The maximum Gasteiger partial charge on any atom is 0.255 e. The first-order valence-electron chi connectivity index (χ1n) is 10.9. The van der Waals surface area contributed by atoms with Crippen molar-refractivity contribution in [2.75, 3.05) is 5.32 Å². The molecule has 0 unspecified atom stereocenters. The summed E-state index contributed by atoms with van der Waals surface area (Å²) in [4.78, 5) is 17.2. The first-order valence-corrected chi connectivity index (χ1v) is 10.9. The van der Waals surface area contributed by atoms with Crippen LogP contribution in [0, 0.1) is 0 Å². The number of rotatable bonds is 6. The number of aromatic nitrogens is 1. The highest BCUT2D eigenvalue weighted by Crippen LogP contribution is 2.28. The molecule has 0 aliphatic rings. The lowest BCUT2D eigenvalue weighted by atomic mass is 9.98. The largest absolute Gasteiger partial charge is 0.436 e. The average Bonchev–Trinajstić information content (AvgIpc) is 3.22. The van der Waals surface area contributed by atoms with E-state index in [1.807, 2.05) is 54.6 Å². The number of benzene rings is 3. The Hall–Kier alpha value is -3.40. The molecule has 1 atom stereocenters. The molecule has 4 nitrogen and oxygen atoms in total. The summed E-state index contributed by atoms with van der Waals surface area (Å²) < 4.78 is 5.94. The molecule has 0 aliphatic heterocycles. The van der Waals surface area contributed by atoms with Crippen molar-refractivity contribution in [2.24, 2.45) is 0 Å². The summed E-state index contributed by atoms with van der Waals surface area (Å²) in [5, 5.41) is 2.95. The van der Waals surface area contributed by atoms with Crippen LogP contribution in [0.2, 0.25) is 0 Å². The Kier molecular flexibility index (Phi) is 5.90. The minimum Gasteiger partial charge on any atom is -0.436 e. The number of fused-ring (bicyclic) bond motifs is 1. The first-order chi connectivity index (χ1) is 14.9. The van der Waals surface area contributed by atoms with Crippen molar-refractivity contribution >= 4 is 22.7 Å². The van der Waals surface area contributed by atoms with Gasteiger partial charge in [-0.3, -0.25) is 4.79 Å². The number of hydrogen-bond acceptors (Lipinski definition) is 3. The van der Waals surface area contributed by atoms with Crippen LogP contribution in [-0.4, -0.2) is 10.9 Å². The molecule has 0 radical (unpaired) electrons. The second-order valence-corrected chi connectivity index (χ2v) is 8.36. The van der Waals surface area contributed by atoms with Crippen LogP contribution in [0.15, 0.2) is 71.1 Å². The number of anilines is 1. The molecule has 158 valence electrons. The van der Waals surface area contributed by atoms with E-state index in [1.54, 1.807) is 0 Å². The van der Waals surface area contributed by atoms with Crippen molar-refractivity contribution in [1.82, 2.24) is 4.98 Å². The predicted molar refractivity (Wildman–Crippen MR) is 127 cm³/mol. The van der Waals surface area contributed by atoms with Gasteiger partial charge in [0, 0.05) is 16.8 Å². The van der Waals surface area contributed by atoms with E-state index in [1.165, 1.54) is 11.1 Å². The summed E-state index contributed by atoms with van der Waals surface area (Å²) >= 11 is 0. The molecule has 4 aromatic rings. The van der Waals surface area contributed by atoms with Gasteiger partial charge in [0.2, 0.25) is 5.89 Å². The van der Waals surface area contributed by atoms with E-state index in [0.717, 1.165) is 28.8 Å². The third-order valence-electron chi connectivity index (χ3n) is 5.82. The van der Waals surface area contributed by atoms with Crippen molar-refractivity contribution in [3.05, 3.63) is 83.4 Å². The van der Waals surface area contributed by atoms with Gasteiger partial charge in [-0.2, -0.15) is 0 Å². The maximum absolute atomic E-state index is 12.5. The number of nitrogens with zero attached hydrogens (tertiary/aromatic N) is 1. The smallest absolute Gasteiger partial charge is 0.255 e. The molecule has 31 heavy (non-hydrogen) atoms. The molecule has 4 rings (SSSR count). The molecule has 0 saturated carbocycles. The third-order valence-corrected chi connectivity index (χ3v) is 5.82. The molecule has 0 spiro atoms. The van der Waals surface area contributed by atoms with Crippen LogP contribution < -0.4 is 5.32 Å². The molecule has 0 aliphatic carbocycles. The molecule has 1 heterocycles. The van der Waals surface area contributed by atoms with Gasteiger partial charge < -0.3 is 9.73 Å². The summed E-state index contributed by atoms with van der Waals surface area (Å²) in [7, 11) is 0. The minimum atomic E-state index is -0.123. The van der Waals surface area contributed by atoms with Gasteiger partial charge in [-0.1, -0.05) is 45.9 Å². The second-order valence-electron chi connectivity index (χ2n) is 8.36. The monoisotopic (exact) mass is 412 g/mol. The Bertz CT molecular complexity index is 1190. The highest BCUT2D eigenvalue weighted by Gasteiger charge is 2.12. The summed E-state index contributed by atoms with van der Waals surface area (Å²) in [5.41, 5.74) is 6.39. The van der Waals surface area contributed by atoms with Crippen molar-refractivity contribution in [3.8, 4) is 11.5 Å². The Balaban J connectivity index is 1.49. The molecular formula is C27H28N2O2. The molecule has 1 aromatic heterocycles. The van der Waals surface area contributed by atoms with E-state index in [0.29, 0.717) is 23.3 Å². The first kappa shape index (κ1) is 20.9. The molecule has 1 N–H and O–H groups in total. The number of carbonyl (C=O) groups is 1. The van der Waals surface area contributed by atoms with E-state index in [-0.39, 0.29) is 5.91 Å². The fourth-order valence-corrected chi connectivity index (χ4v) is 3.53. The van der Waals surface area contributed by atoms with E-state index >= 15 is 0 Å². The third kappa shape index (κ3) is 4.53. The second kappa shape index (κ2) is 8.76. The molecule has 0 fully saturated rings. The van der Waals surface area contributed by atoms with Gasteiger partial charge in [-0.15, -0.1) is 0 Å². The van der Waals surface area contributed by atoms with Crippen molar-refractivity contribution in [1.29, 1.82) is 0 Å². The Morgan fingerprint density at radius 3 is 2.26 bits per heavy atom. The fourth-order valence-electron chi connectivity index (χ4n) is 3.53. The summed E-state index contributed by atoms with van der Waals surface area (Å²) in [5.74, 6) is 1.40. The summed E-state index contributed by atoms with van der Waals surface area (Å²) in [6.45, 7) is 8.67. The van der Waals surface area contributed by atoms with Crippen LogP contribution >= 0.6 is 0 Å². The van der Waals surface area contributed by atoms with Crippen LogP contribution in [0.1, 0.15) is 67.4 Å². The van der Waals surface area contributed by atoms with Gasteiger partial charge in [-0.25, -0.2) is 4.98 Å². The number of oxazole rings is 1. The minimum absolute atomic E-state index is 0.123. The molecule has 3 aromatic carbocycles. The van der Waals surface area contributed by atoms with Gasteiger partial charge in [0.15, 0.2) is 5.58 Å². The number of hydrogen-bond donors (Lipinski definition) is 1. The van der Waals surface area contributed by atoms with E-state index in [2.05, 4.69) is 50.1 Å². The summed E-state index contributed by atoms with van der Waals surface area (Å²) in [6, 6.07) is 21.5. The van der Waals surface area contributed by atoms with Gasteiger partial charge >= 0.3 is 0 Å². The van der Waals surface area contributed by atoms with Crippen LogP contribution in [0.3, 0.4) is 0 Å². The quantitative estimate of drug-likeness (QED) is 0.359. The van der Waals surface area contributed by atoms with Gasteiger partial charge in [0.25, 0.3) is 5.91 Å². The van der Waals surface area contributed by atoms with Gasteiger partial charge in [0.1, 0.15) is 5.52 Å². The standard InChI is InChI=1S/C27H28N2O2/c1-5-18(4)22-12-15-25-24(16-22)29-27(31-25)21-10-13-23(14-11-21)28-26(30)20-8-6-19(7-9-20)17(2)3/h6-18H,5H2,1-4H3,(H,28,30)/t18-/m1/s1.